The Balaban J connectivity index is 1.61. The third kappa shape index (κ3) is 5.55. The van der Waals surface area contributed by atoms with E-state index in [0.29, 0.717) is 35.8 Å². The lowest BCUT2D eigenvalue weighted by Gasteiger charge is -2.11. The average molecular weight is 389 g/mol. The molecular weight excluding hydrogens is 366 g/mol. The standard InChI is InChI=1S/C22H23N5O2/c1-14-10-17(12-28-19-6-2-15(3-7-19)21(23)24)27-18(11-14)13-29-20-8-4-16(5-9-20)22(25)26/h2-11H,12-13H2,1H3,(H3,23,24)(H3,25,26). The molecule has 7 heteroatoms. The highest BCUT2D eigenvalue weighted by molar-refractivity contribution is 5.95. The van der Waals surface area contributed by atoms with Crippen molar-refractivity contribution >= 4 is 11.7 Å². The summed E-state index contributed by atoms with van der Waals surface area (Å²) in [6, 6.07) is 18.0. The van der Waals surface area contributed by atoms with E-state index in [9.17, 15) is 0 Å². The fraction of sp³-hybridized carbons (Fsp3) is 0.136. The molecule has 3 aromatic rings. The van der Waals surface area contributed by atoms with Crippen molar-refractivity contribution in [3.05, 3.63) is 88.7 Å². The van der Waals surface area contributed by atoms with Gasteiger partial charge < -0.3 is 20.9 Å². The summed E-state index contributed by atoms with van der Waals surface area (Å²) < 4.78 is 11.6. The fourth-order valence-electron chi connectivity index (χ4n) is 2.74. The Bertz CT molecular complexity index is 935. The lowest BCUT2D eigenvalue weighted by atomic mass is 10.2. The van der Waals surface area contributed by atoms with Crippen molar-refractivity contribution in [1.29, 1.82) is 10.8 Å². The van der Waals surface area contributed by atoms with Gasteiger partial charge in [-0.25, -0.2) is 0 Å². The third-order valence-corrected chi connectivity index (χ3v) is 4.18. The maximum absolute atomic E-state index is 7.42. The van der Waals surface area contributed by atoms with Gasteiger partial charge in [-0.2, -0.15) is 0 Å². The molecule has 148 valence electrons. The van der Waals surface area contributed by atoms with E-state index >= 15 is 0 Å². The summed E-state index contributed by atoms with van der Waals surface area (Å²) >= 11 is 0. The van der Waals surface area contributed by atoms with Crippen LogP contribution in [-0.4, -0.2) is 16.7 Å². The number of nitrogen functional groups attached to an aromatic ring is 2. The van der Waals surface area contributed by atoms with Crippen LogP contribution < -0.4 is 20.9 Å². The van der Waals surface area contributed by atoms with Crippen molar-refractivity contribution < 1.29 is 9.47 Å². The summed E-state index contributed by atoms with van der Waals surface area (Å²) in [5.41, 5.74) is 14.9. The van der Waals surface area contributed by atoms with Crippen molar-refractivity contribution in [3.63, 3.8) is 0 Å². The van der Waals surface area contributed by atoms with Gasteiger partial charge in [0.15, 0.2) is 0 Å². The van der Waals surface area contributed by atoms with Crippen molar-refractivity contribution in [2.24, 2.45) is 11.5 Å². The number of amidine groups is 2. The van der Waals surface area contributed by atoms with E-state index in [1.807, 2.05) is 19.1 Å². The van der Waals surface area contributed by atoms with Gasteiger partial charge in [0.1, 0.15) is 36.4 Å². The summed E-state index contributed by atoms with van der Waals surface area (Å²) in [6.07, 6.45) is 0. The van der Waals surface area contributed by atoms with Gasteiger partial charge in [0.2, 0.25) is 0 Å². The second kappa shape index (κ2) is 8.88. The number of nitrogens with zero attached hydrogens (tertiary/aromatic N) is 1. The topological polar surface area (TPSA) is 131 Å². The van der Waals surface area contributed by atoms with Gasteiger partial charge >= 0.3 is 0 Å². The maximum atomic E-state index is 7.42. The Labute approximate surface area is 169 Å². The number of aromatic nitrogens is 1. The zero-order valence-corrected chi connectivity index (χ0v) is 16.1. The molecule has 0 amide bonds. The second-order valence-electron chi connectivity index (χ2n) is 6.58. The Morgan fingerprint density at radius 1 is 0.759 bits per heavy atom. The first-order valence-electron chi connectivity index (χ1n) is 9.01. The van der Waals surface area contributed by atoms with Crippen LogP contribution in [0.4, 0.5) is 0 Å². The highest BCUT2D eigenvalue weighted by Crippen LogP contribution is 2.16. The van der Waals surface area contributed by atoms with Crippen LogP contribution in [0.2, 0.25) is 0 Å². The largest absolute Gasteiger partial charge is 0.487 e. The van der Waals surface area contributed by atoms with Crippen LogP contribution in [0, 0.1) is 17.7 Å². The molecule has 0 spiro atoms. The van der Waals surface area contributed by atoms with Gasteiger partial charge in [-0.05, 0) is 73.2 Å². The maximum Gasteiger partial charge on any atom is 0.130 e. The summed E-state index contributed by atoms with van der Waals surface area (Å²) in [4.78, 5) is 4.60. The average Bonchev–Trinajstić information content (AvgIpc) is 2.71. The van der Waals surface area contributed by atoms with Crippen molar-refractivity contribution in [3.8, 4) is 11.5 Å². The molecule has 1 aromatic heterocycles. The van der Waals surface area contributed by atoms with Gasteiger partial charge in [0, 0.05) is 11.1 Å². The smallest absolute Gasteiger partial charge is 0.130 e. The van der Waals surface area contributed by atoms with E-state index in [0.717, 1.165) is 17.0 Å². The molecule has 1 heterocycles. The number of pyridine rings is 1. The number of hydrogen-bond donors (Lipinski definition) is 4. The van der Waals surface area contributed by atoms with Crippen LogP contribution in [0.5, 0.6) is 11.5 Å². The highest BCUT2D eigenvalue weighted by atomic mass is 16.5. The number of benzene rings is 2. The summed E-state index contributed by atoms with van der Waals surface area (Å²) in [5, 5.41) is 14.8. The number of rotatable bonds is 8. The minimum atomic E-state index is 0.0254. The van der Waals surface area contributed by atoms with Crippen molar-refractivity contribution in [2.75, 3.05) is 0 Å². The van der Waals surface area contributed by atoms with Gasteiger partial charge in [-0.15, -0.1) is 0 Å². The van der Waals surface area contributed by atoms with Crippen LogP contribution in [0.1, 0.15) is 28.1 Å². The zero-order valence-electron chi connectivity index (χ0n) is 16.1. The predicted octanol–water partition coefficient (Wildman–Crippen LogP) is 3.12. The van der Waals surface area contributed by atoms with E-state index in [4.69, 9.17) is 31.8 Å². The molecule has 3 rings (SSSR count). The fourth-order valence-corrected chi connectivity index (χ4v) is 2.74. The van der Waals surface area contributed by atoms with Crippen LogP contribution in [0.25, 0.3) is 0 Å². The zero-order chi connectivity index (χ0) is 20.8. The molecule has 0 saturated carbocycles. The van der Waals surface area contributed by atoms with E-state index < -0.39 is 0 Å². The molecule has 7 nitrogen and oxygen atoms in total. The first-order chi connectivity index (χ1) is 13.9. The summed E-state index contributed by atoms with van der Waals surface area (Å²) in [7, 11) is 0. The van der Waals surface area contributed by atoms with Crippen LogP contribution in [0.3, 0.4) is 0 Å². The van der Waals surface area contributed by atoms with E-state index in [2.05, 4.69) is 4.98 Å². The van der Waals surface area contributed by atoms with Gasteiger partial charge in [0.05, 0.1) is 11.4 Å². The van der Waals surface area contributed by atoms with Crippen molar-refractivity contribution in [1.82, 2.24) is 4.98 Å². The van der Waals surface area contributed by atoms with Gasteiger partial charge in [-0.1, -0.05) is 0 Å². The Kier molecular flexibility index (Phi) is 6.09. The monoisotopic (exact) mass is 389 g/mol. The Hall–Kier alpha value is -3.87. The highest BCUT2D eigenvalue weighted by Gasteiger charge is 2.05. The molecule has 0 atom stereocenters. The minimum Gasteiger partial charge on any atom is -0.487 e. The Morgan fingerprint density at radius 3 is 1.48 bits per heavy atom. The van der Waals surface area contributed by atoms with Gasteiger partial charge in [-0.3, -0.25) is 15.8 Å². The molecule has 6 N–H and O–H groups in total. The lowest BCUT2D eigenvalue weighted by Crippen LogP contribution is -2.10. The molecule has 0 fully saturated rings. The summed E-state index contributed by atoms with van der Waals surface area (Å²) in [6.45, 7) is 2.64. The number of aryl methyl sites for hydroxylation is 1. The van der Waals surface area contributed by atoms with Gasteiger partial charge in [0.25, 0.3) is 0 Å². The third-order valence-electron chi connectivity index (χ3n) is 4.18. The Morgan fingerprint density at radius 2 is 1.14 bits per heavy atom. The SMILES string of the molecule is Cc1cc(COc2ccc(C(=N)N)cc2)nc(COc2ccc(C(=N)N)cc2)c1. The number of hydrogen-bond acceptors (Lipinski definition) is 5. The number of nitrogens with two attached hydrogens (primary N) is 2. The van der Waals surface area contributed by atoms with E-state index in [-0.39, 0.29) is 11.7 Å². The number of ether oxygens (including phenoxy) is 2. The molecule has 0 saturated heterocycles. The number of nitrogens with one attached hydrogen (secondary N) is 2. The molecule has 0 radical (unpaired) electrons. The molecule has 0 bridgehead atoms. The quantitative estimate of drug-likeness (QED) is 0.347. The molecule has 0 aliphatic carbocycles. The molecule has 29 heavy (non-hydrogen) atoms. The van der Waals surface area contributed by atoms with Crippen LogP contribution >= 0.6 is 0 Å². The van der Waals surface area contributed by atoms with Crippen LogP contribution in [-0.2, 0) is 13.2 Å². The summed E-state index contributed by atoms with van der Waals surface area (Å²) in [5.74, 6) is 1.42. The normalized spacial score (nSPS) is 10.4. The predicted molar refractivity (Wildman–Crippen MR) is 113 cm³/mol. The first-order valence-corrected chi connectivity index (χ1v) is 9.01. The molecule has 0 unspecified atom stereocenters. The first kappa shape index (κ1) is 19.9. The second-order valence-corrected chi connectivity index (χ2v) is 6.58. The molecule has 2 aromatic carbocycles. The molecule has 0 aliphatic heterocycles. The van der Waals surface area contributed by atoms with E-state index in [1.165, 1.54) is 0 Å². The molecule has 0 aliphatic rings. The minimum absolute atomic E-state index is 0.0254. The van der Waals surface area contributed by atoms with Crippen LogP contribution in [0.15, 0.2) is 60.7 Å². The molecular formula is C22H23N5O2. The lowest BCUT2D eigenvalue weighted by molar-refractivity contribution is 0.290. The van der Waals surface area contributed by atoms with Crippen molar-refractivity contribution in [2.45, 2.75) is 20.1 Å². The van der Waals surface area contributed by atoms with E-state index in [1.54, 1.807) is 48.5 Å².